The molecule has 0 radical (unpaired) electrons. The van der Waals surface area contributed by atoms with E-state index in [9.17, 15) is 4.79 Å². The van der Waals surface area contributed by atoms with E-state index in [1.807, 2.05) is 13.8 Å². The van der Waals surface area contributed by atoms with Crippen molar-refractivity contribution in [2.45, 2.75) is 52.6 Å². The molecule has 5 nitrogen and oxygen atoms in total. The van der Waals surface area contributed by atoms with Crippen molar-refractivity contribution in [3.63, 3.8) is 0 Å². The second-order valence-electron chi connectivity index (χ2n) is 6.47. The van der Waals surface area contributed by atoms with Crippen LogP contribution in [-0.2, 0) is 9.53 Å². The largest absolute Gasteiger partial charge is 0.465 e. The summed E-state index contributed by atoms with van der Waals surface area (Å²) in [5.41, 5.74) is -0.628. The Morgan fingerprint density at radius 3 is 2.24 bits per heavy atom. The minimum absolute atomic E-state index is 0.144. The fourth-order valence-corrected chi connectivity index (χ4v) is 3.03. The molecular formula is C16H33N3O2. The fourth-order valence-electron chi connectivity index (χ4n) is 3.03. The number of hydrogen-bond donors (Lipinski definition) is 1. The van der Waals surface area contributed by atoms with Crippen LogP contribution in [0.1, 0.15) is 41.0 Å². The van der Waals surface area contributed by atoms with Crippen LogP contribution in [0, 0.1) is 0 Å². The predicted molar refractivity (Wildman–Crippen MR) is 86.5 cm³/mol. The van der Waals surface area contributed by atoms with Crippen molar-refractivity contribution < 1.29 is 9.53 Å². The van der Waals surface area contributed by atoms with E-state index in [-0.39, 0.29) is 12.0 Å². The van der Waals surface area contributed by atoms with Gasteiger partial charge in [0.2, 0.25) is 0 Å². The first-order valence-electron chi connectivity index (χ1n) is 8.31. The maximum Gasteiger partial charge on any atom is 0.327 e. The van der Waals surface area contributed by atoms with Crippen molar-refractivity contribution in [2.75, 3.05) is 45.9 Å². The highest BCUT2D eigenvalue weighted by molar-refractivity contribution is 5.80. The summed E-state index contributed by atoms with van der Waals surface area (Å²) in [6.45, 7) is 16.7. The van der Waals surface area contributed by atoms with E-state index in [0.29, 0.717) is 13.2 Å². The lowest BCUT2D eigenvalue weighted by Gasteiger charge is -2.40. The molecule has 1 aliphatic heterocycles. The van der Waals surface area contributed by atoms with Gasteiger partial charge in [0.1, 0.15) is 5.54 Å². The molecule has 0 amide bonds. The summed E-state index contributed by atoms with van der Waals surface area (Å²) >= 11 is 0. The molecule has 0 aromatic rings. The summed E-state index contributed by atoms with van der Waals surface area (Å²) in [6, 6.07) is 0.251. The molecule has 1 rings (SSSR count). The summed E-state index contributed by atoms with van der Waals surface area (Å²) in [5, 5.41) is 3.39. The SMILES string of the molecule is CCCN1CCN(CC(C)(NC(C)C)C(=O)OCC)CC1. The Kier molecular flexibility index (Phi) is 7.63. The third-order valence-electron chi connectivity index (χ3n) is 3.88. The predicted octanol–water partition coefficient (Wildman–Crippen LogP) is 1.33. The molecule has 124 valence electrons. The van der Waals surface area contributed by atoms with Crippen LogP contribution in [0.3, 0.4) is 0 Å². The molecule has 0 aromatic carbocycles. The van der Waals surface area contributed by atoms with Gasteiger partial charge >= 0.3 is 5.97 Å². The van der Waals surface area contributed by atoms with Gasteiger partial charge in [-0.3, -0.25) is 15.0 Å². The van der Waals surface area contributed by atoms with Crippen molar-refractivity contribution in [3.05, 3.63) is 0 Å². The van der Waals surface area contributed by atoms with Gasteiger partial charge in [-0.1, -0.05) is 6.92 Å². The van der Waals surface area contributed by atoms with E-state index in [1.54, 1.807) is 0 Å². The van der Waals surface area contributed by atoms with Crippen LogP contribution < -0.4 is 5.32 Å². The third-order valence-corrected chi connectivity index (χ3v) is 3.88. The molecule has 1 aliphatic rings. The molecule has 5 heteroatoms. The molecule has 1 atom stereocenters. The Morgan fingerprint density at radius 2 is 1.76 bits per heavy atom. The van der Waals surface area contributed by atoms with E-state index in [0.717, 1.165) is 26.2 Å². The minimum Gasteiger partial charge on any atom is -0.465 e. The van der Waals surface area contributed by atoms with Crippen LogP contribution >= 0.6 is 0 Å². The second kappa shape index (κ2) is 8.71. The van der Waals surface area contributed by atoms with Gasteiger partial charge in [0.15, 0.2) is 0 Å². The van der Waals surface area contributed by atoms with Crippen LogP contribution in [0.25, 0.3) is 0 Å². The van der Waals surface area contributed by atoms with Crippen LogP contribution in [-0.4, -0.2) is 73.2 Å². The number of rotatable bonds is 8. The zero-order valence-electron chi connectivity index (χ0n) is 14.4. The first-order chi connectivity index (χ1) is 9.91. The van der Waals surface area contributed by atoms with Gasteiger partial charge in [0, 0.05) is 38.8 Å². The van der Waals surface area contributed by atoms with Gasteiger partial charge in [-0.05, 0) is 40.7 Å². The maximum absolute atomic E-state index is 12.3. The minimum atomic E-state index is -0.628. The van der Waals surface area contributed by atoms with Gasteiger partial charge in [-0.2, -0.15) is 0 Å². The molecule has 0 bridgehead atoms. The molecule has 1 unspecified atom stereocenters. The molecule has 0 aromatic heterocycles. The van der Waals surface area contributed by atoms with Gasteiger partial charge in [-0.15, -0.1) is 0 Å². The molecule has 0 saturated carbocycles. The third kappa shape index (κ3) is 5.93. The smallest absolute Gasteiger partial charge is 0.327 e. The lowest BCUT2D eigenvalue weighted by Crippen LogP contribution is -2.61. The topological polar surface area (TPSA) is 44.8 Å². The van der Waals surface area contributed by atoms with Crippen molar-refractivity contribution in [2.24, 2.45) is 0 Å². The lowest BCUT2D eigenvalue weighted by atomic mass is 10.00. The standard InChI is InChI=1S/C16H33N3O2/c1-6-8-18-9-11-19(12-10-18)13-16(5,17-14(3)4)15(20)21-7-2/h14,17H,6-13H2,1-5H3. The number of ether oxygens (including phenoxy) is 1. The maximum atomic E-state index is 12.3. The molecule has 0 spiro atoms. The molecule has 21 heavy (non-hydrogen) atoms. The fraction of sp³-hybridized carbons (Fsp3) is 0.938. The van der Waals surface area contributed by atoms with Gasteiger partial charge in [0.05, 0.1) is 6.61 Å². The Morgan fingerprint density at radius 1 is 1.19 bits per heavy atom. The van der Waals surface area contributed by atoms with E-state index in [4.69, 9.17) is 4.74 Å². The van der Waals surface area contributed by atoms with E-state index >= 15 is 0 Å². The summed E-state index contributed by atoms with van der Waals surface area (Å²) in [6.07, 6.45) is 1.20. The summed E-state index contributed by atoms with van der Waals surface area (Å²) < 4.78 is 5.27. The molecule has 1 N–H and O–H groups in total. The quantitative estimate of drug-likeness (QED) is 0.685. The number of hydrogen-bond acceptors (Lipinski definition) is 5. The average molecular weight is 299 g/mol. The monoisotopic (exact) mass is 299 g/mol. The van der Waals surface area contributed by atoms with Crippen molar-refractivity contribution in [1.29, 1.82) is 0 Å². The van der Waals surface area contributed by atoms with Crippen LogP contribution in [0.2, 0.25) is 0 Å². The van der Waals surface area contributed by atoms with E-state index < -0.39 is 5.54 Å². The van der Waals surface area contributed by atoms with Crippen molar-refractivity contribution in [1.82, 2.24) is 15.1 Å². The zero-order chi connectivity index (χ0) is 15.9. The number of carbonyl (C=O) groups excluding carboxylic acids is 1. The number of esters is 1. The highest BCUT2D eigenvalue weighted by Gasteiger charge is 2.37. The van der Waals surface area contributed by atoms with Gasteiger partial charge in [-0.25, -0.2) is 0 Å². The average Bonchev–Trinajstić information content (AvgIpc) is 2.40. The number of nitrogens with one attached hydrogen (secondary N) is 1. The molecule has 1 fully saturated rings. The zero-order valence-corrected chi connectivity index (χ0v) is 14.4. The Bertz CT molecular complexity index is 315. The first-order valence-corrected chi connectivity index (χ1v) is 8.31. The van der Waals surface area contributed by atoms with E-state index in [2.05, 4.69) is 35.9 Å². The molecular weight excluding hydrogens is 266 g/mol. The molecule has 0 aliphatic carbocycles. The van der Waals surface area contributed by atoms with Gasteiger partial charge < -0.3 is 9.64 Å². The first kappa shape index (κ1) is 18.4. The van der Waals surface area contributed by atoms with E-state index in [1.165, 1.54) is 13.0 Å². The number of carbonyl (C=O) groups is 1. The molecule has 1 heterocycles. The van der Waals surface area contributed by atoms with Crippen molar-refractivity contribution in [3.8, 4) is 0 Å². The van der Waals surface area contributed by atoms with Crippen molar-refractivity contribution >= 4 is 5.97 Å². The summed E-state index contributed by atoms with van der Waals surface area (Å²) in [4.78, 5) is 17.2. The summed E-state index contributed by atoms with van der Waals surface area (Å²) in [5.74, 6) is -0.144. The van der Waals surface area contributed by atoms with Crippen LogP contribution in [0.4, 0.5) is 0 Å². The second-order valence-corrected chi connectivity index (χ2v) is 6.47. The Hall–Kier alpha value is -0.650. The Balaban J connectivity index is 2.59. The Labute approximate surface area is 130 Å². The normalized spacial score (nSPS) is 20.5. The highest BCUT2D eigenvalue weighted by atomic mass is 16.5. The highest BCUT2D eigenvalue weighted by Crippen LogP contribution is 2.13. The number of piperazine rings is 1. The van der Waals surface area contributed by atoms with Gasteiger partial charge in [0.25, 0.3) is 0 Å². The van der Waals surface area contributed by atoms with Crippen LogP contribution in [0.15, 0.2) is 0 Å². The van der Waals surface area contributed by atoms with Crippen LogP contribution in [0.5, 0.6) is 0 Å². The molecule has 1 saturated heterocycles. The lowest BCUT2D eigenvalue weighted by molar-refractivity contribution is -0.152. The summed E-state index contributed by atoms with van der Waals surface area (Å²) in [7, 11) is 0. The number of nitrogens with zero attached hydrogens (tertiary/aromatic N) is 2.